The minimum absolute atomic E-state index is 0.141. The van der Waals surface area contributed by atoms with Crippen molar-refractivity contribution in [1.29, 1.82) is 0 Å². The summed E-state index contributed by atoms with van der Waals surface area (Å²) in [6.07, 6.45) is -0.663. The highest BCUT2D eigenvalue weighted by Crippen LogP contribution is 2.12. The number of carboxylic acid groups (broad SMARTS) is 1. The van der Waals surface area contributed by atoms with Crippen LogP contribution in [0, 0.1) is 0 Å². The van der Waals surface area contributed by atoms with Gasteiger partial charge in [-0.15, -0.1) is 0 Å². The van der Waals surface area contributed by atoms with Gasteiger partial charge in [0.2, 0.25) is 11.8 Å². The maximum absolute atomic E-state index is 11.7. The highest BCUT2D eigenvalue weighted by Gasteiger charge is 2.18. The number of hydrogen-bond donors (Lipinski definition) is 2. The van der Waals surface area contributed by atoms with E-state index in [2.05, 4.69) is 15.9 Å². The molecule has 0 unspecified atom stereocenters. The lowest BCUT2D eigenvalue weighted by molar-refractivity contribution is -0.145. The predicted molar refractivity (Wildman–Crippen MR) is 71.0 cm³/mol. The molecule has 0 radical (unpaired) electrons. The Balaban J connectivity index is 2.79. The van der Waals surface area contributed by atoms with Crippen LogP contribution < -0.4 is 5.73 Å². The van der Waals surface area contributed by atoms with Crippen LogP contribution in [0.25, 0.3) is 0 Å². The summed E-state index contributed by atoms with van der Waals surface area (Å²) in [5.74, 6) is -2.57. The van der Waals surface area contributed by atoms with E-state index in [1.165, 1.54) is 0 Å². The third-order valence-electron chi connectivity index (χ3n) is 2.29. The first kappa shape index (κ1) is 15.2. The SMILES string of the molecule is NC(=O)CN(Cc1ccc(Br)cc1)C(=O)CC(=O)O. The van der Waals surface area contributed by atoms with Crippen molar-refractivity contribution in [2.45, 2.75) is 13.0 Å². The van der Waals surface area contributed by atoms with Gasteiger partial charge in [-0.3, -0.25) is 14.4 Å². The van der Waals surface area contributed by atoms with Crippen molar-refractivity contribution in [3.63, 3.8) is 0 Å². The van der Waals surface area contributed by atoms with Gasteiger partial charge < -0.3 is 15.7 Å². The number of primary amides is 1. The Labute approximate surface area is 118 Å². The molecular weight excluding hydrogens is 316 g/mol. The number of nitrogens with zero attached hydrogens (tertiary/aromatic N) is 1. The Morgan fingerprint density at radius 1 is 1.21 bits per heavy atom. The summed E-state index contributed by atoms with van der Waals surface area (Å²) in [4.78, 5) is 34.3. The van der Waals surface area contributed by atoms with Crippen LogP contribution in [0.2, 0.25) is 0 Å². The lowest BCUT2D eigenvalue weighted by atomic mass is 10.2. The third kappa shape index (κ3) is 5.52. The molecule has 1 rings (SSSR count). The molecule has 102 valence electrons. The van der Waals surface area contributed by atoms with E-state index in [1.807, 2.05) is 0 Å². The van der Waals surface area contributed by atoms with Crippen LogP contribution >= 0.6 is 15.9 Å². The van der Waals surface area contributed by atoms with Crippen LogP contribution in [0.1, 0.15) is 12.0 Å². The number of hydrogen-bond acceptors (Lipinski definition) is 3. The Kier molecular flexibility index (Phi) is 5.50. The highest BCUT2D eigenvalue weighted by atomic mass is 79.9. The van der Waals surface area contributed by atoms with Crippen LogP contribution in [0.15, 0.2) is 28.7 Å². The van der Waals surface area contributed by atoms with E-state index < -0.39 is 24.2 Å². The van der Waals surface area contributed by atoms with E-state index in [9.17, 15) is 14.4 Å². The number of nitrogens with two attached hydrogens (primary N) is 1. The fourth-order valence-electron chi connectivity index (χ4n) is 1.47. The average molecular weight is 329 g/mol. The van der Waals surface area contributed by atoms with E-state index in [1.54, 1.807) is 24.3 Å². The van der Waals surface area contributed by atoms with Crippen LogP contribution in [0.3, 0.4) is 0 Å². The molecule has 0 aliphatic heterocycles. The van der Waals surface area contributed by atoms with Crippen molar-refractivity contribution in [1.82, 2.24) is 4.90 Å². The molecule has 1 aromatic rings. The topological polar surface area (TPSA) is 101 Å². The average Bonchev–Trinajstić information content (AvgIpc) is 2.29. The van der Waals surface area contributed by atoms with Crippen molar-refractivity contribution >= 4 is 33.7 Å². The predicted octanol–water partition coefficient (Wildman–Crippen LogP) is 0.738. The van der Waals surface area contributed by atoms with E-state index in [0.717, 1.165) is 14.9 Å². The summed E-state index contributed by atoms with van der Waals surface area (Å²) in [7, 11) is 0. The van der Waals surface area contributed by atoms with Gasteiger partial charge in [-0.2, -0.15) is 0 Å². The Morgan fingerprint density at radius 2 is 1.79 bits per heavy atom. The Morgan fingerprint density at radius 3 is 2.26 bits per heavy atom. The van der Waals surface area contributed by atoms with Crippen molar-refractivity contribution in [3.8, 4) is 0 Å². The first-order chi connectivity index (χ1) is 8.88. The fourth-order valence-corrected chi connectivity index (χ4v) is 1.74. The van der Waals surface area contributed by atoms with Gasteiger partial charge in [-0.05, 0) is 17.7 Å². The summed E-state index contributed by atoms with van der Waals surface area (Å²) in [6.45, 7) is -0.162. The molecule has 0 fully saturated rings. The van der Waals surface area contributed by atoms with E-state index in [-0.39, 0.29) is 13.1 Å². The van der Waals surface area contributed by atoms with Crippen LogP contribution in [0.5, 0.6) is 0 Å². The lowest BCUT2D eigenvalue weighted by Gasteiger charge is -2.20. The molecule has 0 bridgehead atoms. The number of halogens is 1. The highest BCUT2D eigenvalue weighted by molar-refractivity contribution is 9.10. The van der Waals surface area contributed by atoms with Crippen molar-refractivity contribution in [2.75, 3.05) is 6.54 Å². The number of carbonyl (C=O) groups is 3. The van der Waals surface area contributed by atoms with Crippen LogP contribution in [-0.4, -0.2) is 34.3 Å². The number of carboxylic acids is 1. The monoisotopic (exact) mass is 328 g/mol. The van der Waals surface area contributed by atoms with Gasteiger partial charge in [-0.25, -0.2) is 0 Å². The molecule has 0 atom stereocenters. The summed E-state index contributed by atoms with van der Waals surface area (Å²) in [6, 6.07) is 7.12. The molecule has 2 amide bonds. The number of aliphatic carboxylic acids is 1. The third-order valence-corrected chi connectivity index (χ3v) is 2.82. The molecule has 0 saturated heterocycles. The molecule has 1 aromatic carbocycles. The van der Waals surface area contributed by atoms with Crippen molar-refractivity contribution in [3.05, 3.63) is 34.3 Å². The van der Waals surface area contributed by atoms with Crippen molar-refractivity contribution in [2.24, 2.45) is 5.73 Å². The Hall–Kier alpha value is -1.89. The van der Waals surface area contributed by atoms with Crippen LogP contribution in [0.4, 0.5) is 0 Å². The molecule has 6 nitrogen and oxygen atoms in total. The van der Waals surface area contributed by atoms with Gasteiger partial charge in [0.15, 0.2) is 0 Å². The Bertz CT molecular complexity index is 487. The smallest absolute Gasteiger partial charge is 0.312 e. The molecule has 7 heteroatoms. The summed E-state index contributed by atoms with van der Waals surface area (Å²) in [5, 5.41) is 8.60. The normalized spacial score (nSPS) is 9.95. The number of rotatable bonds is 6. The molecule has 0 spiro atoms. The number of benzene rings is 1. The molecule has 0 aliphatic rings. The quantitative estimate of drug-likeness (QED) is 0.752. The van der Waals surface area contributed by atoms with Gasteiger partial charge in [-0.1, -0.05) is 28.1 Å². The largest absolute Gasteiger partial charge is 0.481 e. The molecule has 3 N–H and O–H groups in total. The van der Waals surface area contributed by atoms with E-state index >= 15 is 0 Å². The molecule has 0 heterocycles. The van der Waals surface area contributed by atoms with Gasteiger partial charge in [0.1, 0.15) is 6.42 Å². The first-order valence-corrected chi connectivity index (χ1v) is 6.20. The molecule has 19 heavy (non-hydrogen) atoms. The maximum Gasteiger partial charge on any atom is 0.312 e. The second kappa shape index (κ2) is 6.89. The summed E-state index contributed by atoms with van der Waals surface area (Å²) >= 11 is 3.28. The summed E-state index contributed by atoms with van der Waals surface area (Å²) < 4.78 is 0.884. The first-order valence-electron chi connectivity index (χ1n) is 5.41. The zero-order chi connectivity index (χ0) is 14.4. The van der Waals surface area contributed by atoms with Gasteiger partial charge in [0.05, 0.1) is 6.54 Å². The number of carbonyl (C=O) groups excluding carboxylic acids is 2. The van der Waals surface area contributed by atoms with E-state index in [4.69, 9.17) is 10.8 Å². The minimum Gasteiger partial charge on any atom is -0.481 e. The maximum atomic E-state index is 11.7. The molecule has 0 saturated carbocycles. The molecular formula is C12H13BrN2O4. The number of amides is 2. The van der Waals surface area contributed by atoms with Crippen molar-refractivity contribution < 1.29 is 19.5 Å². The summed E-state index contributed by atoms with van der Waals surface area (Å²) in [5.41, 5.74) is 5.83. The second-order valence-corrected chi connectivity index (χ2v) is 4.83. The second-order valence-electron chi connectivity index (χ2n) is 3.91. The zero-order valence-corrected chi connectivity index (χ0v) is 11.6. The minimum atomic E-state index is -1.24. The van der Waals surface area contributed by atoms with Gasteiger partial charge >= 0.3 is 5.97 Å². The van der Waals surface area contributed by atoms with Crippen LogP contribution in [-0.2, 0) is 20.9 Å². The molecule has 0 aromatic heterocycles. The molecule has 0 aliphatic carbocycles. The van der Waals surface area contributed by atoms with E-state index in [0.29, 0.717) is 0 Å². The van der Waals surface area contributed by atoms with Gasteiger partial charge in [0, 0.05) is 11.0 Å². The fraction of sp³-hybridized carbons (Fsp3) is 0.250. The van der Waals surface area contributed by atoms with Gasteiger partial charge in [0.25, 0.3) is 0 Å². The standard InChI is InChI=1S/C12H13BrN2O4/c13-9-3-1-8(2-4-9)6-15(7-10(14)16)11(17)5-12(18)19/h1-4H,5-7H2,(H2,14,16)(H,18,19). The zero-order valence-electron chi connectivity index (χ0n) is 10.0. The lowest BCUT2D eigenvalue weighted by Crippen LogP contribution is -2.38.